The first-order valence-electron chi connectivity index (χ1n) is 9.23. The highest BCUT2D eigenvalue weighted by molar-refractivity contribution is 7.99. The predicted molar refractivity (Wildman–Crippen MR) is 116 cm³/mol. The zero-order chi connectivity index (χ0) is 20.1. The summed E-state index contributed by atoms with van der Waals surface area (Å²) in [6.07, 6.45) is 0.873. The van der Waals surface area contributed by atoms with Crippen LogP contribution < -0.4 is 5.32 Å². The normalized spacial score (nSPS) is 10.9. The van der Waals surface area contributed by atoms with Crippen molar-refractivity contribution < 1.29 is 4.79 Å². The Balaban J connectivity index is 1.72. The van der Waals surface area contributed by atoms with Gasteiger partial charge in [0.15, 0.2) is 11.0 Å². The molecule has 0 fully saturated rings. The Labute approximate surface area is 174 Å². The maximum atomic E-state index is 12.5. The van der Waals surface area contributed by atoms with Gasteiger partial charge < -0.3 is 9.88 Å². The fourth-order valence-electron chi connectivity index (χ4n) is 3.03. The van der Waals surface area contributed by atoms with Crippen molar-refractivity contribution in [2.75, 3.05) is 11.1 Å². The molecule has 0 spiro atoms. The molecule has 0 atom stereocenters. The molecule has 5 nitrogen and oxygen atoms in total. The quantitative estimate of drug-likeness (QED) is 0.538. The first-order valence-corrected chi connectivity index (χ1v) is 10.6. The molecule has 0 saturated carbocycles. The van der Waals surface area contributed by atoms with Crippen LogP contribution in [0.25, 0.3) is 11.4 Å². The summed E-state index contributed by atoms with van der Waals surface area (Å²) in [4.78, 5) is 12.5. The zero-order valence-electron chi connectivity index (χ0n) is 16.2. The van der Waals surface area contributed by atoms with E-state index in [2.05, 4.69) is 22.4 Å². The molecule has 0 radical (unpaired) electrons. The van der Waals surface area contributed by atoms with E-state index in [-0.39, 0.29) is 11.7 Å². The highest BCUT2D eigenvalue weighted by atomic mass is 35.5. The van der Waals surface area contributed by atoms with Crippen LogP contribution in [0.4, 0.5) is 5.69 Å². The molecule has 1 amide bonds. The van der Waals surface area contributed by atoms with Gasteiger partial charge in [-0.15, -0.1) is 10.2 Å². The molecule has 28 heavy (non-hydrogen) atoms. The van der Waals surface area contributed by atoms with Crippen LogP contribution in [0.3, 0.4) is 0 Å². The number of thioether (sulfide) groups is 1. The van der Waals surface area contributed by atoms with Crippen LogP contribution in [-0.4, -0.2) is 26.4 Å². The minimum absolute atomic E-state index is 0.0519. The maximum absolute atomic E-state index is 12.5. The molecule has 146 valence electrons. The molecule has 0 saturated heterocycles. The SMILES string of the molecule is CCc1cccc(C)c1NC(=O)CSc1nnc(-c2cccc(Cl)c2)n1CC. The Morgan fingerprint density at radius 1 is 1.18 bits per heavy atom. The van der Waals surface area contributed by atoms with Crippen molar-refractivity contribution in [1.82, 2.24) is 14.8 Å². The van der Waals surface area contributed by atoms with Gasteiger partial charge in [0.2, 0.25) is 5.91 Å². The number of aryl methyl sites for hydroxylation is 2. The largest absolute Gasteiger partial charge is 0.325 e. The second kappa shape index (κ2) is 9.26. The van der Waals surface area contributed by atoms with Crippen LogP contribution in [0.5, 0.6) is 0 Å². The van der Waals surface area contributed by atoms with Crippen LogP contribution >= 0.6 is 23.4 Å². The van der Waals surface area contributed by atoms with Gasteiger partial charge in [0, 0.05) is 22.8 Å². The van der Waals surface area contributed by atoms with E-state index in [1.807, 2.05) is 60.9 Å². The molecule has 0 aliphatic carbocycles. The Bertz CT molecular complexity index is 986. The van der Waals surface area contributed by atoms with E-state index in [9.17, 15) is 4.79 Å². The van der Waals surface area contributed by atoms with E-state index in [4.69, 9.17) is 11.6 Å². The van der Waals surface area contributed by atoms with Crippen molar-refractivity contribution in [3.63, 3.8) is 0 Å². The molecule has 1 N–H and O–H groups in total. The topological polar surface area (TPSA) is 59.8 Å². The van der Waals surface area contributed by atoms with Gasteiger partial charge in [0.1, 0.15) is 0 Å². The van der Waals surface area contributed by atoms with Gasteiger partial charge in [-0.2, -0.15) is 0 Å². The lowest BCUT2D eigenvalue weighted by Crippen LogP contribution is -2.16. The van der Waals surface area contributed by atoms with Crippen molar-refractivity contribution in [1.29, 1.82) is 0 Å². The Kier molecular flexibility index (Phi) is 6.75. The summed E-state index contributed by atoms with van der Waals surface area (Å²) in [5, 5.41) is 13.0. The lowest BCUT2D eigenvalue weighted by Gasteiger charge is -2.13. The number of amides is 1. The molecule has 2 aromatic carbocycles. The first-order chi connectivity index (χ1) is 13.5. The highest BCUT2D eigenvalue weighted by Crippen LogP contribution is 2.26. The summed E-state index contributed by atoms with van der Waals surface area (Å²) in [6, 6.07) is 13.6. The third kappa shape index (κ3) is 4.56. The number of carbonyl (C=O) groups excluding carboxylic acids is 1. The van der Waals surface area contributed by atoms with E-state index >= 15 is 0 Å². The number of carbonyl (C=O) groups is 1. The molecule has 0 aliphatic rings. The van der Waals surface area contributed by atoms with Crippen molar-refractivity contribution >= 4 is 35.0 Å². The minimum atomic E-state index is -0.0519. The van der Waals surface area contributed by atoms with Gasteiger partial charge in [0.25, 0.3) is 0 Å². The number of rotatable bonds is 7. The standard InChI is InChI=1S/C21H23ClN4OS/c1-4-15-9-6-8-14(3)19(15)23-18(27)13-28-21-25-24-20(26(21)5-2)16-10-7-11-17(22)12-16/h6-12H,4-5,13H2,1-3H3,(H,23,27). The van der Waals surface area contributed by atoms with Crippen molar-refractivity contribution in [3.8, 4) is 11.4 Å². The molecule has 7 heteroatoms. The minimum Gasteiger partial charge on any atom is -0.325 e. The molecular formula is C21H23ClN4OS. The number of hydrogen-bond donors (Lipinski definition) is 1. The Hall–Kier alpha value is -2.31. The molecular weight excluding hydrogens is 392 g/mol. The predicted octanol–water partition coefficient (Wildman–Crippen LogP) is 5.22. The number of hydrogen-bond acceptors (Lipinski definition) is 4. The van der Waals surface area contributed by atoms with Crippen LogP contribution in [0.2, 0.25) is 5.02 Å². The molecule has 1 heterocycles. The summed E-state index contributed by atoms with van der Waals surface area (Å²) in [6.45, 7) is 6.83. The van der Waals surface area contributed by atoms with E-state index < -0.39 is 0 Å². The molecule has 3 rings (SSSR count). The second-order valence-corrected chi connectivity index (χ2v) is 7.74. The van der Waals surface area contributed by atoms with E-state index in [0.29, 0.717) is 16.7 Å². The number of nitrogens with zero attached hydrogens (tertiary/aromatic N) is 3. The number of anilines is 1. The number of para-hydroxylation sites is 1. The first kappa shape index (κ1) is 20.4. The van der Waals surface area contributed by atoms with Gasteiger partial charge in [-0.05, 0) is 43.5 Å². The Morgan fingerprint density at radius 3 is 2.68 bits per heavy atom. The molecule has 1 aromatic heterocycles. The van der Waals surface area contributed by atoms with Crippen LogP contribution in [0.1, 0.15) is 25.0 Å². The smallest absolute Gasteiger partial charge is 0.234 e. The van der Waals surface area contributed by atoms with Crippen LogP contribution in [0, 0.1) is 6.92 Å². The summed E-state index contributed by atoms with van der Waals surface area (Å²) in [5.74, 6) is 0.967. The summed E-state index contributed by atoms with van der Waals surface area (Å²) in [5.41, 5.74) is 4.02. The fraction of sp³-hybridized carbons (Fsp3) is 0.286. The highest BCUT2D eigenvalue weighted by Gasteiger charge is 2.15. The summed E-state index contributed by atoms with van der Waals surface area (Å²) >= 11 is 7.48. The van der Waals surface area contributed by atoms with Gasteiger partial charge >= 0.3 is 0 Å². The van der Waals surface area contributed by atoms with E-state index in [1.54, 1.807) is 0 Å². The van der Waals surface area contributed by atoms with Crippen LogP contribution in [0.15, 0.2) is 47.6 Å². The fourth-order valence-corrected chi connectivity index (χ4v) is 4.02. The molecule has 0 bridgehead atoms. The average Bonchev–Trinajstić information content (AvgIpc) is 3.11. The van der Waals surface area contributed by atoms with Gasteiger partial charge in [-0.3, -0.25) is 4.79 Å². The Morgan fingerprint density at radius 2 is 1.96 bits per heavy atom. The molecule has 0 aliphatic heterocycles. The van der Waals surface area contributed by atoms with Crippen molar-refractivity contribution in [2.45, 2.75) is 38.9 Å². The average molecular weight is 415 g/mol. The number of halogens is 1. The third-order valence-electron chi connectivity index (χ3n) is 4.45. The number of nitrogens with one attached hydrogen (secondary N) is 1. The number of benzene rings is 2. The zero-order valence-corrected chi connectivity index (χ0v) is 17.8. The maximum Gasteiger partial charge on any atom is 0.234 e. The number of aromatic nitrogens is 3. The van der Waals surface area contributed by atoms with E-state index in [1.165, 1.54) is 11.8 Å². The second-order valence-electron chi connectivity index (χ2n) is 6.36. The van der Waals surface area contributed by atoms with Crippen molar-refractivity contribution in [2.24, 2.45) is 0 Å². The van der Waals surface area contributed by atoms with Gasteiger partial charge in [-0.25, -0.2) is 0 Å². The lowest BCUT2D eigenvalue weighted by molar-refractivity contribution is -0.113. The monoisotopic (exact) mass is 414 g/mol. The third-order valence-corrected chi connectivity index (χ3v) is 5.65. The van der Waals surface area contributed by atoms with E-state index in [0.717, 1.165) is 34.6 Å². The summed E-state index contributed by atoms with van der Waals surface area (Å²) in [7, 11) is 0. The van der Waals surface area contributed by atoms with Gasteiger partial charge in [-0.1, -0.05) is 60.6 Å². The lowest BCUT2D eigenvalue weighted by atomic mass is 10.1. The molecule has 0 unspecified atom stereocenters. The molecule has 3 aromatic rings. The van der Waals surface area contributed by atoms with Crippen LogP contribution in [-0.2, 0) is 17.8 Å². The van der Waals surface area contributed by atoms with Crippen molar-refractivity contribution in [3.05, 3.63) is 58.6 Å². The van der Waals surface area contributed by atoms with Gasteiger partial charge in [0.05, 0.1) is 5.75 Å². The summed E-state index contributed by atoms with van der Waals surface area (Å²) < 4.78 is 1.99.